The van der Waals surface area contributed by atoms with Gasteiger partial charge in [0.05, 0.1) is 0 Å². The predicted molar refractivity (Wildman–Crippen MR) is 116 cm³/mol. The van der Waals surface area contributed by atoms with Crippen LogP contribution in [0.3, 0.4) is 0 Å². The zero-order valence-electron chi connectivity index (χ0n) is 18.1. The Balaban J connectivity index is 2.10. The maximum absolute atomic E-state index is 12.9. The summed E-state index contributed by atoms with van der Waals surface area (Å²) in [5.74, 6) is 0.684. The minimum atomic E-state index is -0.587. The topological polar surface area (TPSA) is 58.6 Å². The molecule has 2 aromatic carbocycles. The summed E-state index contributed by atoms with van der Waals surface area (Å²) >= 11 is 0. The smallest absolute Gasteiger partial charge is 0.261 e. The zero-order chi connectivity index (χ0) is 21.4. The first-order valence-electron chi connectivity index (χ1n) is 10.2. The molecular weight excluding hydrogens is 364 g/mol. The van der Waals surface area contributed by atoms with Crippen molar-refractivity contribution in [1.82, 2.24) is 10.2 Å². The Bertz CT molecular complexity index is 798. The van der Waals surface area contributed by atoms with Crippen molar-refractivity contribution in [3.63, 3.8) is 0 Å². The van der Waals surface area contributed by atoms with Crippen LogP contribution in [0.15, 0.2) is 48.5 Å². The summed E-state index contributed by atoms with van der Waals surface area (Å²) in [7, 11) is 0. The highest BCUT2D eigenvalue weighted by Crippen LogP contribution is 2.19. The van der Waals surface area contributed by atoms with E-state index < -0.39 is 6.04 Å². The standard InChI is InChI=1S/C24H32N2O3/c1-6-25-24(28)19(5)26(15-20-9-7-18(4)8-10-20)23(27)16-29-22-13-11-21(12-14-22)17(2)3/h7-14,17,19H,6,15-16H2,1-5H3,(H,25,28). The third-order valence-electron chi connectivity index (χ3n) is 4.90. The number of hydrogen-bond donors (Lipinski definition) is 1. The number of carbonyl (C=O) groups excluding carboxylic acids is 2. The van der Waals surface area contributed by atoms with Gasteiger partial charge in [0.15, 0.2) is 6.61 Å². The van der Waals surface area contributed by atoms with Gasteiger partial charge in [0.1, 0.15) is 11.8 Å². The third-order valence-corrected chi connectivity index (χ3v) is 4.90. The lowest BCUT2D eigenvalue weighted by atomic mass is 10.0. The number of nitrogens with zero attached hydrogens (tertiary/aromatic N) is 1. The molecule has 29 heavy (non-hydrogen) atoms. The van der Waals surface area contributed by atoms with Crippen LogP contribution < -0.4 is 10.1 Å². The molecule has 1 unspecified atom stereocenters. The first-order chi connectivity index (χ1) is 13.8. The van der Waals surface area contributed by atoms with Gasteiger partial charge in [-0.1, -0.05) is 55.8 Å². The number of amides is 2. The monoisotopic (exact) mass is 396 g/mol. The van der Waals surface area contributed by atoms with Crippen LogP contribution in [0.2, 0.25) is 0 Å². The van der Waals surface area contributed by atoms with Crippen molar-refractivity contribution in [2.45, 2.75) is 53.1 Å². The highest BCUT2D eigenvalue weighted by molar-refractivity contribution is 5.87. The van der Waals surface area contributed by atoms with Gasteiger partial charge in [0.2, 0.25) is 5.91 Å². The van der Waals surface area contributed by atoms with E-state index in [0.717, 1.165) is 11.1 Å². The van der Waals surface area contributed by atoms with Gasteiger partial charge in [0, 0.05) is 13.1 Å². The van der Waals surface area contributed by atoms with E-state index in [4.69, 9.17) is 4.74 Å². The molecule has 0 aliphatic carbocycles. The molecule has 2 aromatic rings. The Morgan fingerprint density at radius 2 is 1.62 bits per heavy atom. The molecule has 0 saturated carbocycles. The predicted octanol–water partition coefficient (Wildman–Crippen LogP) is 4.05. The minimum absolute atomic E-state index is 0.114. The molecule has 0 bridgehead atoms. The molecule has 0 saturated heterocycles. The Morgan fingerprint density at radius 3 is 2.17 bits per heavy atom. The van der Waals surface area contributed by atoms with Gasteiger partial charge in [-0.05, 0) is 49.9 Å². The van der Waals surface area contributed by atoms with Crippen LogP contribution in [0.5, 0.6) is 5.75 Å². The van der Waals surface area contributed by atoms with Crippen molar-refractivity contribution in [1.29, 1.82) is 0 Å². The van der Waals surface area contributed by atoms with Crippen molar-refractivity contribution in [3.8, 4) is 5.75 Å². The fraction of sp³-hybridized carbons (Fsp3) is 0.417. The van der Waals surface area contributed by atoms with Gasteiger partial charge >= 0.3 is 0 Å². The summed E-state index contributed by atoms with van der Waals surface area (Å²) in [5.41, 5.74) is 3.34. The highest BCUT2D eigenvalue weighted by Gasteiger charge is 2.26. The number of likely N-dealkylation sites (N-methyl/N-ethyl adjacent to an activating group) is 1. The van der Waals surface area contributed by atoms with Gasteiger partial charge in [-0.3, -0.25) is 9.59 Å². The van der Waals surface area contributed by atoms with Gasteiger partial charge < -0.3 is 15.0 Å². The number of ether oxygens (including phenoxy) is 1. The molecule has 0 aliphatic rings. The molecule has 1 N–H and O–H groups in total. The molecule has 156 valence electrons. The van der Waals surface area contributed by atoms with Crippen LogP contribution in [0.25, 0.3) is 0 Å². The van der Waals surface area contributed by atoms with Crippen molar-refractivity contribution in [2.75, 3.05) is 13.2 Å². The lowest BCUT2D eigenvalue weighted by Crippen LogP contribution is -2.49. The van der Waals surface area contributed by atoms with Crippen LogP contribution in [-0.2, 0) is 16.1 Å². The number of aryl methyl sites for hydroxylation is 1. The average Bonchev–Trinajstić information content (AvgIpc) is 2.71. The van der Waals surface area contributed by atoms with E-state index in [-0.39, 0.29) is 18.4 Å². The van der Waals surface area contributed by atoms with Crippen LogP contribution in [0.1, 0.15) is 50.3 Å². The van der Waals surface area contributed by atoms with Gasteiger partial charge in [-0.25, -0.2) is 0 Å². The van der Waals surface area contributed by atoms with Gasteiger partial charge in [0.25, 0.3) is 5.91 Å². The van der Waals surface area contributed by atoms with E-state index in [9.17, 15) is 9.59 Å². The number of hydrogen-bond acceptors (Lipinski definition) is 3. The number of nitrogens with one attached hydrogen (secondary N) is 1. The maximum Gasteiger partial charge on any atom is 0.261 e. The molecule has 0 heterocycles. The quantitative estimate of drug-likeness (QED) is 0.696. The van der Waals surface area contributed by atoms with Crippen LogP contribution >= 0.6 is 0 Å². The van der Waals surface area contributed by atoms with E-state index in [2.05, 4.69) is 19.2 Å². The second-order valence-electron chi connectivity index (χ2n) is 7.59. The molecule has 0 aliphatic heterocycles. The molecule has 0 spiro atoms. The lowest BCUT2D eigenvalue weighted by Gasteiger charge is -2.28. The second-order valence-corrected chi connectivity index (χ2v) is 7.59. The zero-order valence-corrected chi connectivity index (χ0v) is 18.1. The summed E-state index contributed by atoms with van der Waals surface area (Å²) in [4.78, 5) is 26.9. The fourth-order valence-electron chi connectivity index (χ4n) is 2.97. The Morgan fingerprint density at radius 1 is 1.00 bits per heavy atom. The molecule has 0 radical (unpaired) electrons. The third kappa shape index (κ3) is 6.63. The molecule has 2 amide bonds. The normalized spacial score (nSPS) is 11.8. The van der Waals surface area contributed by atoms with Crippen molar-refractivity contribution >= 4 is 11.8 Å². The number of carbonyl (C=O) groups is 2. The van der Waals surface area contributed by atoms with Crippen molar-refractivity contribution < 1.29 is 14.3 Å². The summed E-state index contributed by atoms with van der Waals surface area (Å²) in [6.45, 7) is 10.6. The van der Waals surface area contributed by atoms with Gasteiger partial charge in [-0.15, -0.1) is 0 Å². The number of benzene rings is 2. The first kappa shape index (κ1) is 22.5. The second kappa shape index (κ2) is 10.6. The van der Waals surface area contributed by atoms with Gasteiger partial charge in [-0.2, -0.15) is 0 Å². The summed E-state index contributed by atoms with van der Waals surface area (Å²) in [5, 5.41) is 2.79. The first-order valence-corrected chi connectivity index (χ1v) is 10.2. The molecule has 2 rings (SSSR count). The summed E-state index contributed by atoms with van der Waals surface area (Å²) in [6, 6.07) is 15.1. The Kier molecular flexibility index (Phi) is 8.25. The number of rotatable bonds is 9. The molecule has 1 atom stereocenters. The Hall–Kier alpha value is -2.82. The molecule has 0 aromatic heterocycles. The lowest BCUT2D eigenvalue weighted by molar-refractivity contribution is -0.142. The van der Waals surface area contributed by atoms with E-state index >= 15 is 0 Å². The van der Waals surface area contributed by atoms with E-state index in [1.165, 1.54) is 5.56 Å². The molecular formula is C24H32N2O3. The molecule has 5 heteroatoms. The highest BCUT2D eigenvalue weighted by atomic mass is 16.5. The maximum atomic E-state index is 12.9. The average molecular weight is 397 g/mol. The molecule has 0 fully saturated rings. The van der Waals surface area contributed by atoms with Crippen LogP contribution in [0, 0.1) is 6.92 Å². The van der Waals surface area contributed by atoms with Crippen LogP contribution in [-0.4, -0.2) is 35.9 Å². The minimum Gasteiger partial charge on any atom is -0.484 e. The Labute approximate surface area is 174 Å². The molecule has 5 nitrogen and oxygen atoms in total. The van der Waals surface area contributed by atoms with Crippen LogP contribution in [0.4, 0.5) is 0 Å². The van der Waals surface area contributed by atoms with E-state index in [0.29, 0.717) is 24.8 Å². The summed E-state index contributed by atoms with van der Waals surface area (Å²) < 4.78 is 5.71. The summed E-state index contributed by atoms with van der Waals surface area (Å²) in [6.07, 6.45) is 0. The van der Waals surface area contributed by atoms with E-state index in [1.54, 1.807) is 11.8 Å². The van der Waals surface area contributed by atoms with E-state index in [1.807, 2.05) is 62.4 Å². The largest absolute Gasteiger partial charge is 0.484 e. The van der Waals surface area contributed by atoms with Crippen molar-refractivity contribution in [2.24, 2.45) is 0 Å². The SMILES string of the molecule is CCNC(=O)C(C)N(Cc1ccc(C)cc1)C(=O)COc1ccc(C(C)C)cc1. The van der Waals surface area contributed by atoms with Crippen molar-refractivity contribution in [3.05, 3.63) is 65.2 Å². The fourth-order valence-corrected chi connectivity index (χ4v) is 2.97.